The second kappa shape index (κ2) is 11.7. The van der Waals surface area contributed by atoms with E-state index in [1.54, 1.807) is 18.2 Å². The highest BCUT2D eigenvalue weighted by Crippen LogP contribution is 2.55. The van der Waals surface area contributed by atoms with Crippen LogP contribution in [0.3, 0.4) is 0 Å². The molecule has 0 atom stereocenters. The number of hydrogen-bond acceptors (Lipinski definition) is 8. The Balaban J connectivity index is 0.000000150. The van der Waals surface area contributed by atoms with E-state index in [0.717, 1.165) is 86.1 Å². The number of carboxylic acids is 1. The number of nitrogens with zero attached hydrogens (tertiary/aromatic N) is 4. The van der Waals surface area contributed by atoms with Crippen molar-refractivity contribution in [3.63, 3.8) is 0 Å². The van der Waals surface area contributed by atoms with E-state index in [-0.39, 0.29) is 41.1 Å². The first-order valence-corrected chi connectivity index (χ1v) is 16.5. The molecule has 2 spiro atoms. The van der Waals surface area contributed by atoms with Crippen molar-refractivity contribution in [1.29, 1.82) is 10.5 Å². The Morgan fingerprint density at radius 3 is 1.55 bits per heavy atom. The molecule has 0 aromatic heterocycles. The molecule has 4 fully saturated rings. The van der Waals surface area contributed by atoms with E-state index in [1.807, 2.05) is 12.1 Å². The Morgan fingerprint density at radius 1 is 0.702 bits per heavy atom. The molecule has 9 heteroatoms. The lowest BCUT2D eigenvalue weighted by atomic mass is 9.85. The molecule has 2 aliphatic heterocycles. The minimum absolute atomic E-state index is 0.111. The monoisotopic (exact) mass is 628 g/mol. The zero-order valence-electron chi connectivity index (χ0n) is 26.3. The highest BCUT2D eigenvalue weighted by atomic mass is 16.4. The van der Waals surface area contributed by atoms with Crippen LogP contribution in [-0.2, 0) is 22.4 Å². The number of nitriles is 2. The number of ketones is 2. The summed E-state index contributed by atoms with van der Waals surface area (Å²) in [5.41, 5.74) is 6.98. The average molecular weight is 629 g/mol. The summed E-state index contributed by atoms with van der Waals surface area (Å²) in [7, 11) is 0. The van der Waals surface area contributed by atoms with Crippen LogP contribution in [0.5, 0.6) is 0 Å². The van der Waals surface area contributed by atoms with Crippen molar-refractivity contribution < 1.29 is 24.3 Å². The first kappa shape index (κ1) is 30.6. The molecule has 4 aliphatic carbocycles. The number of rotatable bonds is 4. The average Bonchev–Trinajstić information content (AvgIpc) is 4.02. The zero-order chi connectivity index (χ0) is 32.9. The Kier molecular flexibility index (Phi) is 7.59. The first-order valence-electron chi connectivity index (χ1n) is 16.5. The lowest BCUT2D eigenvalue weighted by Gasteiger charge is -2.37. The third kappa shape index (κ3) is 5.65. The Hall–Kier alpha value is -5.02. The van der Waals surface area contributed by atoms with Gasteiger partial charge in [-0.3, -0.25) is 14.4 Å². The predicted octanol–water partition coefficient (Wildman–Crippen LogP) is 5.36. The lowest BCUT2D eigenvalue weighted by Crippen LogP contribution is -2.36. The molecule has 2 saturated heterocycles. The predicted molar refractivity (Wildman–Crippen MR) is 173 cm³/mol. The molecule has 0 radical (unpaired) electrons. The summed E-state index contributed by atoms with van der Waals surface area (Å²) in [5, 5.41) is 28.3. The van der Waals surface area contributed by atoms with Gasteiger partial charge in [0.2, 0.25) is 0 Å². The maximum atomic E-state index is 12.4. The maximum Gasteiger partial charge on any atom is 0.335 e. The zero-order valence-corrected chi connectivity index (χ0v) is 26.3. The number of hydrogen-bond donors (Lipinski definition) is 1. The van der Waals surface area contributed by atoms with Crippen molar-refractivity contribution in [2.75, 3.05) is 26.2 Å². The summed E-state index contributed by atoms with van der Waals surface area (Å²) < 4.78 is 0. The number of allylic oxidation sites excluding steroid dienone is 2. The topological polar surface area (TPSA) is 143 Å². The highest BCUT2D eigenvalue weighted by molar-refractivity contribution is 6.11. The van der Waals surface area contributed by atoms with Crippen LogP contribution < -0.4 is 0 Å². The molecule has 238 valence electrons. The Labute approximate surface area is 273 Å². The number of carbonyl (C=O) groups excluding carboxylic acids is 3. The third-order valence-electron chi connectivity index (χ3n) is 11.3. The van der Waals surface area contributed by atoms with E-state index in [2.05, 4.69) is 21.9 Å². The normalized spacial score (nSPS) is 21.7. The van der Waals surface area contributed by atoms with Crippen LogP contribution in [-0.4, -0.2) is 64.9 Å². The molecule has 2 aromatic carbocycles. The fourth-order valence-corrected chi connectivity index (χ4v) is 7.83. The van der Waals surface area contributed by atoms with E-state index in [1.165, 1.54) is 31.7 Å². The Morgan fingerprint density at radius 2 is 1.15 bits per heavy atom. The van der Waals surface area contributed by atoms with Gasteiger partial charge < -0.3 is 14.9 Å². The number of aromatic carboxylic acids is 1. The number of benzene rings is 2. The van der Waals surface area contributed by atoms with Crippen molar-refractivity contribution in [3.8, 4) is 12.1 Å². The summed E-state index contributed by atoms with van der Waals surface area (Å²) in [4.78, 5) is 51.5. The van der Waals surface area contributed by atoms with Crippen molar-refractivity contribution in [2.24, 2.45) is 10.8 Å². The molecule has 6 aliphatic rings. The summed E-state index contributed by atoms with van der Waals surface area (Å²) in [5.74, 6) is -1.28. The molecular formula is C38H36N4O5. The second-order valence-electron chi connectivity index (χ2n) is 14.1. The number of aldehydes is 1. The minimum atomic E-state index is -0.997. The summed E-state index contributed by atoms with van der Waals surface area (Å²) in [6.45, 7) is 3.42. The van der Waals surface area contributed by atoms with Crippen molar-refractivity contribution in [1.82, 2.24) is 9.80 Å². The quantitative estimate of drug-likeness (QED) is 0.443. The van der Waals surface area contributed by atoms with E-state index < -0.39 is 5.97 Å². The van der Waals surface area contributed by atoms with Crippen LogP contribution in [0.1, 0.15) is 94.3 Å². The number of fused-ring (bicyclic) bond motifs is 2. The molecule has 0 amide bonds. The fraction of sp³-hybridized carbons (Fsp3) is 0.421. The number of carboxylic acid groups (broad SMARTS) is 1. The lowest BCUT2D eigenvalue weighted by molar-refractivity contribution is -0.115. The molecule has 8 rings (SSSR count). The number of carbonyl (C=O) groups is 4. The van der Waals surface area contributed by atoms with E-state index in [4.69, 9.17) is 0 Å². The van der Waals surface area contributed by atoms with Gasteiger partial charge in [-0.1, -0.05) is 18.2 Å². The molecule has 47 heavy (non-hydrogen) atoms. The van der Waals surface area contributed by atoms with Gasteiger partial charge in [0, 0.05) is 55.7 Å². The molecule has 0 unspecified atom stereocenters. The van der Waals surface area contributed by atoms with Crippen molar-refractivity contribution in [2.45, 2.75) is 64.2 Å². The maximum absolute atomic E-state index is 12.4. The van der Waals surface area contributed by atoms with Gasteiger partial charge in [-0.05, 0) is 91.5 Å². The van der Waals surface area contributed by atoms with E-state index in [9.17, 15) is 34.8 Å². The largest absolute Gasteiger partial charge is 0.478 e. The van der Waals surface area contributed by atoms with Crippen LogP contribution in [0.25, 0.3) is 11.4 Å². The van der Waals surface area contributed by atoms with E-state index in [0.29, 0.717) is 22.1 Å². The first-order chi connectivity index (χ1) is 22.7. The molecule has 1 N–H and O–H groups in total. The molecular weight excluding hydrogens is 592 g/mol. The van der Waals surface area contributed by atoms with Crippen molar-refractivity contribution in [3.05, 3.63) is 80.9 Å². The summed E-state index contributed by atoms with van der Waals surface area (Å²) >= 11 is 0. The van der Waals surface area contributed by atoms with Gasteiger partial charge in [-0.25, -0.2) is 4.79 Å². The van der Waals surface area contributed by atoms with Gasteiger partial charge in [0.15, 0.2) is 11.6 Å². The van der Waals surface area contributed by atoms with E-state index >= 15 is 0 Å². The van der Waals surface area contributed by atoms with Gasteiger partial charge in [0.05, 0.1) is 17.0 Å². The number of Topliss-reactive ketones (excluding diaryl/α,β-unsaturated/α-hetero) is 2. The minimum Gasteiger partial charge on any atom is -0.478 e. The van der Waals surface area contributed by atoms with Crippen LogP contribution in [0.2, 0.25) is 0 Å². The van der Waals surface area contributed by atoms with Gasteiger partial charge in [0.1, 0.15) is 29.6 Å². The molecule has 0 bridgehead atoms. The summed E-state index contributed by atoms with van der Waals surface area (Å²) in [6.07, 6.45) is 10.8. The number of likely N-dealkylation sites (tertiary alicyclic amines) is 2. The van der Waals surface area contributed by atoms with Crippen LogP contribution in [0.15, 0.2) is 47.5 Å². The Bertz CT molecular complexity index is 1860. The SMILES string of the molecule is N#CC1=C(N2CCC3(CC2)CC3)c2cc(C(=O)O)ccc2CC1=O.N#CC1=C(N2CCC3(CC2)CC3)c2cc(C=O)ccc2CC1=O. The molecule has 2 heterocycles. The number of piperidine rings is 2. The molecule has 2 aromatic rings. The van der Waals surface area contributed by atoms with Crippen LogP contribution in [0, 0.1) is 33.5 Å². The fourth-order valence-electron chi connectivity index (χ4n) is 7.83. The van der Waals surface area contributed by atoms with Crippen molar-refractivity contribution >= 4 is 35.2 Å². The van der Waals surface area contributed by atoms with Crippen LogP contribution in [0.4, 0.5) is 0 Å². The van der Waals surface area contributed by atoms with Gasteiger partial charge in [0.25, 0.3) is 0 Å². The third-order valence-corrected chi connectivity index (χ3v) is 11.3. The molecule has 9 nitrogen and oxygen atoms in total. The van der Waals surface area contributed by atoms with Gasteiger partial charge in [-0.15, -0.1) is 0 Å². The van der Waals surface area contributed by atoms with Gasteiger partial charge >= 0.3 is 5.97 Å². The van der Waals surface area contributed by atoms with Crippen LogP contribution >= 0.6 is 0 Å². The van der Waals surface area contributed by atoms with Gasteiger partial charge in [-0.2, -0.15) is 10.5 Å². The smallest absolute Gasteiger partial charge is 0.335 e. The highest BCUT2D eigenvalue weighted by Gasteiger charge is 2.46. The summed E-state index contributed by atoms with van der Waals surface area (Å²) in [6, 6.07) is 14.4. The standard InChI is InChI=1S/C19H18N2O3.C19H18N2O2/c20-11-15-16(22)10-12-1-2-13(18(23)24)9-14(12)17(15)21-7-5-19(3-4-19)6-8-21;20-11-16-17(23)10-14-2-1-13(12-22)9-15(14)18(16)21-7-5-19(3-4-19)6-8-21/h1-2,9H,3-8,10H2,(H,23,24);1-2,9,12H,3-8,10H2. The second-order valence-corrected chi connectivity index (χ2v) is 14.1. The molecule has 2 saturated carbocycles.